The van der Waals surface area contributed by atoms with Gasteiger partial charge in [-0.3, -0.25) is 0 Å². The Kier molecular flexibility index (Phi) is 4.52. The van der Waals surface area contributed by atoms with Crippen molar-refractivity contribution < 1.29 is 0 Å². The lowest BCUT2D eigenvalue weighted by atomic mass is 10.3. The number of thiazole rings is 1. The van der Waals surface area contributed by atoms with Crippen LogP contribution in [0.3, 0.4) is 0 Å². The molecule has 5 heteroatoms. The van der Waals surface area contributed by atoms with Crippen LogP contribution in [0, 0.1) is 6.92 Å². The molecule has 0 aliphatic heterocycles. The third-order valence-electron chi connectivity index (χ3n) is 2.14. The fraction of sp³-hybridized carbons (Fsp3) is 0.364. The van der Waals surface area contributed by atoms with E-state index in [9.17, 15) is 0 Å². The van der Waals surface area contributed by atoms with Gasteiger partial charge in [-0.25, -0.2) is 4.98 Å². The average Bonchev–Trinajstić information content (AvgIpc) is 2.83. The SMILES string of the molecule is Cc1ncc(CCNCc2cc(Br)cs2)s1. The zero-order chi connectivity index (χ0) is 11.4. The van der Waals surface area contributed by atoms with E-state index < -0.39 is 0 Å². The summed E-state index contributed by atoms with van der Waals surface area (Å²) in [6, 6.07) is 2.16. The van der Waals surface area contributed by atoms with Gasteiger partial charge in [0.15, 0.2) is 0 Å². The Bertz CT molecular complexity index is 408. The molecular formula is C11H13BrN2S2. The number of aromatic nitrogens is 1. The first kappa shape index (κ1) is 12.2. The van der Waals surface area contributed by atoms with Gasteiger partial charge in [-0.05, 0) is 35.3 Å². The van der Waals surface area contributed by atoms with Crippen LogP contribution in [0.4, 0.5) is 0 Å². The van der Waals surface area contributed by atoms with E-state index in [1.807, 2.05) is 13.1 Å². The lowest BCUT2D eigenvalue weighted by Gasteiger charge is -2.00. The third kappa shape index (κ3) is 3.66. The standard InChI is InChI=1S/C11H13BrN2S2/c1-8-14-6-10(16-8)2-3-13-5-11-4-9(12)7-15-11/h4,6-7,13H,2-3,5H2,1H3. The lowest BCUT2D eigenvalue weighted by molar-refractivity contribution is 0.697. The Morgan fingerprint density at radius 3 is 2.94 bits per heavy atom. The second-order valence-electron chi connectivity index (χ2n) is 3.50. The zero-order valence-electron chi connectivity index (χ0n) is 9.00. The first-order chi connectivity index (χ1) is 7.74. The van der Waals surface area contributed by atoms with Crippen molar-refractivity contribution in [1.29, 1.82) is 0 Å². The van der Waals surface area contributed by atoms with E-state index >= 15 is 0 Å². The number of hydrogen-bond acceptors (Lipinski definition) is 4. The van der Waals surface area contributed by atoms with Crippen LogP contribution < -0.4 is 5.32 Å². The Labute approximate surface area is 112 Å². The Hall–Kier alpha value is -0.230. The van der Waals surface area contributed by atoms with Crippen LogP contribution in [0.15, 0.2) is 22.1 Å². The van der Waals surface area contributed by atoms with Gasteiger partial charge in [0.1, 0.15) is 0 Å². The van der Waals surface area contributed by atoms with Gasteiger partial charge in [0, 0.05) is 38.9 Å². The zero-order valence-corrected chi connectivity index (χ0v) is 12.2. The molecule has 0 spiro atoms. The summed E-state index contributed by atoms with van der Waals surface area (Å²) in [5.74, 6) is 0. The summed E-state index contributed by atoms with van der Waals surface area (Å²) in [6.07, 6.45) is 3.04. The van der Waals surface area contributed by atoms with Crippen molar-refractivity contribution in [2.24, 2.45) is 0 Å². The van der Waals surface area contributed by atoms with Crippen LogP contribution in [0.25, 0.3) is 0 Å². The largest absolute Gasteiger partial charge is 0.311 e. The molecule has 2 aromatic heterocycles. The molecule has 0 aliphatic rings. The quantitative estimate of drug-likeness (QED) is 0.852. The Morgan fingerprint density at radius 1 is 1.44 bits per heavy atom. The molecule has 1 N–H and O–H groups in total. The normalized spacial score (nSPS) is 10.9. The average molecular weight is 317 g/mol. The van der Waals surface area contributed by atoms with Gasteiger partial charge < -0.3 is 5.32 Å². The summed E-state index contributed by atoms with van der Waals surface area (Å²) >= 11 is 7.02. The van der Waals surface area contributed by atoms with Crippen molar-refractivity contribution in [3.63, 3.8) is 0 Å². The highest BCUT2D eigenvalue weighted by Crippen LogP contribution is 2.19. The molecule has 2 aromatic rings. The van der Waals surface area contributed by atoms with E-state index in [0.29, 0.717) is 0 Å². The Balaban J connectivity index is 1.69. The minimum Gasteiger partial charge on any atom is -0.311 e. The second kappa shape index (κ2) is 5.91. The van der Waals surface area contributed by atoms with Crippen molar-refractivity contribution in [1.82, 2.24) is 10.3 Å². The molecule has 0 unspecified atom stereocenters. The monoisotopic (exact) mass is 316 g/mol. The predicted octanol–water partition coefficient (Wildman–Crippen LogP) is 3.61. The van der Waals surface area contributed by atoms with Crippen molar-refractivity contribution in [3.05, 3.63) is 36.9 Å². The molecule has 0 atom stereocenters. The summed E-state index contributed by atoms with van der Waals surface area (Å²) < 4.78 is 1.17. The fourth-order valence-corrected chi connectivity index (χ4v) is 3.61. The molecule has 2 nitrogen and oxygen atoms in total. The maximum atomic E-state index is 4.24. The van der Waals surface area contributed by atoms with Crippen LogP contribution in [0.5, 0.6) is 0 Å². The first-order valence-corrected chi connectivity index (χ1v) is 7.58. The molecular weight excluding hydrogens is 304 g/mol. The minimum absolute atomic E-state index is 0.952. The van der Waals surface area contributed by atoms with Crippen LogP contribution in [0.2, 0.25) is 0 Å². The number of hydrogen-bond donors (Lipinski definition) is 1. The molecule has 0 aromatic carbocycles. The smallest absolute Gasteiger partial charge is 0.0896 e. The van der Waals surface area contributed by atoms with Gasteiger partial charge in [-0.2, -0.15) is 0 Å². The number of nitrogens with one attached hydrogen (secondary N) is 1. The number of thiophene rings is 1. The third-order valence-corrected chi connectivity index (χ3v) is 4.81. The second-order valence-corrected chi connectivity index (χ2v) is 6.73. The molecule has 0 fully saturated rings. The summed E-state index contributed by atoms with van der Waals surface area (Å²) in [5, 5.41) is 6.71. The fourth-order valence-electron chi connectivity index (χ4n) is 1.39. The number of aryl methyl sites for hydroxylation is 1. The molecule has 0 saturated heterocycles. The van der Waals surface area contributed by atoms with E-state index in [2.05, 4.69) is 37.7 Å². The van der Waals surface area contributed by atoms with Gasteiger partial charge in [0.05, 0.1) is 5.01 Å². The van der Waals surface area contributed by atoms with Crippen molar-refractivity contribution in [2.45, 2.75) is 19.9 Å². The highest BCUT2D eigenvalue weighted by atomic mass is 79.9. The molecule has 0 radical (unpaired) electrons. The van der Waals surface area contributed by atoms with Crippen molar-refractivity contribution in [2.75, 3.05) is 6.54 Å². The van der Waals surface area contributed by atoms with E-state index in [-0.39, 0.29) is 0 Å². The highest BCUT2D eigenvalue weighted by Gasteiger charge is 1.99. The van der Waals surface area contributed by atoms with E-state index in [1.54, 1.807) is 22.7 Å². The topological polar surface area (TPSA) is 24.9 Å². The first-order valence-electron chi connectivity index (χ1n) is 5.09. The van der Waals surface area contributed by atoms with Crippen LogP contribution in [-0.2, 0) is 13.0 Å². The van der Waals surface area contributed by atoms with Crippen LogP contribution in [-0.4, -0.2) is 11.5 Å². The molecule has 16 heavy (non-hydrogen) atoms. The number of halogens is 1. The van der Waals surface area contributed by atoms with Gasteiger partial charge >= 0.3 is 0 Å². The molecule has 0 bridgehead atoms. The van der Waals surface area contributed by atoms with Crippen molar-refractivity contribution >= 4 is 38.6 Å². The van der Waals surface area contributed by atoms with Gasteiger partial charge in [-0.1, -0.05) is 0 Å². The number of rotatable bonds is 5. The highest BCUT2D eigenvalue weighted by molar-refractivity contribution is 9.10. The maximum Gasteiger partial charge on any atom is 0.0896 e. The van der Waals surface area contributed by atoms with E-state index in [4.69, 9.17) is 0 Å². The summed E-state index contributed by atoms with van der Waals surface area (Å²) in [7, 11) is 0. The molecule has 0 amide bonds. The van der Waals surface area contributed by atoms with Crippen LogP contribution >= 0.6 is 38.6 Å². The van der Waals surface area contributed by atoms with Crippen LogP contribution in [0.1, 0.15) is 14.8 Å². The lowest BCUT2D eigenvalue weighted by Crippen LogP contribution is -2.15. The van der Waals surface area contributed by atoms with Crippen molar-refractivity contribution in [3.8, 4) is 0 Å². The van der Waals surface area contributed by atoms with E-state index in [1.165, 1.54) is 14.2 Å². The molecule has 0 saturated carbocycles. The van der Waals surface area contributed by atoms with Gasteiger partial charge in [-0.15, -0.1) is 22.7 Å². The Morgan fingerprint density at radius 2 is 2.31 bits per heavy atom. The maximum absolute atomic E-state index is 4.24. The van der Waals surface area contributed by atoms with Gasteiger partial charge in [0.25, 0.3) is 0 Å². The molecule has 2 heterocycles. The minimum atomic E-state index is 0.952. The summed E-state index contributed by atoms with van der Waals surface area (Å²) in [5.41, 5.74) is 0. The summed E-state index contributed by atoms with van der Waals surface area (Å²) in [6.45, 7) is 4.01. The molecule has 0 aliphatic carbocycles. The summed E-state index contributed by atoms with van der Waals surface area (Å²) in [4.78, 5) is 6.97. The van der Waals surface area contributed by atoms with E-state index in [0.717, 1.165) is 24.5 Å². The number of nitrogens with zero attached hydrogens (tertiary/aromatic N) is 1. The molecule has 86 valence electrons. The molecule has 2 rings (SSSR count). The predicted molar refractivity (Wildman–Crippen MR) is 74.3 cm³/mol. The van der Waals surface area contributed by atoms with Gasteiger partial charge in [0.2, 0.25) is 0 Å².